The molecule has 1 aromatic heterocycles. The highest BCUT2D eigenvalue weighted by Gasteiger charge is 2.34. The van der Waals surface area contributed by atoms with Gasteiger partial charge in [0, 0.05) is 49.1 Å². The van der Waals surface area contributed by atoms with E-state index in [4.69, 9.17) is 4.98 Å². The zero-order valence-corrected chi connectivity index (χ0v) is 21.2. The summed E-state index contributed by atoms with van der Waals surface area (Å²) in [6.45, 7) is 1.66. The van der Waals surface area contributed by atoms with Gasteiger partial charge in [-0.3, -0.25) is 0 Å². The summed E-state index contributed by atoms with van der Waals surface area (Å²) in [5, 5.41) is 16.2. The molecule has 2 saturated heterocycles. The average molecular weight is 522 g/mol. The van der Waals surface area contributed by atoms with E-state index in [1.54, 1.807) is 18.2 Å². The molecule has 2 aliphatic heterocycles. The summed E-state index contributed by atoms with van der Waals surface area (Å²) in [4.78, 5) is 11.6. The number of halogens is 1. The van der Waals surface area contributed by atoms with E-state index in [1.807, 2.05) is 30.3 Å². The van der Waals surface area contributed by atoms with E-state index in [9.17, 15) is 13.5 Å². The molecule has 4 aromatic rings. The van der Waals surface area contributed by atoms with E-state index in [0.717, 1.165) is 43.0 Å². The number of nitrogens with zero attached hydrogens (tertiary/aromatic N) is 3. The lowest BCUT2D eigenvalue weighted by Crippen LogP contribution is -2.51. The van der Waals surface area contributed by atoms with Crippen molar-refractivity contribution < 1.29 is 17.9 Å². The molecule has 0 spiro atoms. The fourth-order valence-electron chi connectivity index (χ4n) is 5.59. The number of benzene rings is 3. The average Bonchev–Trinajstić information content (AvgIpc) is 3.20. The summed E-state index contributed by atoms with van der Waals surface area (Å²) in [6, 6.07) is 15.1. The van der Waals surface area contributed by atoms with Crippen LogP contribution in [0.1, 0.15) is 18.7 Å². The fourth-order valence-corrected chi connectivity index (χ4v) is 6.06. The molecule has 2 bridgehead atoms. The maximum absolute atomic E-state index is 16.3. The lowest BCUT2D eigenvalue weighted by atomic mass is 9.96. The standard InChI is InChI=1S/C27H28FN5O3S/c1-37(35,36)29-11-10-24-31-26-22(27(32-24)33-14-17-6-7-18(15-33)30-17)9-8-21(25(26)28)23-13-19(34)12-16-4-2-3-5-20(16)23/h2-5,8-9,12-13,17-18,29-30,34H,6-7,10-11,14-15H2,1H3/t17-,18+. The van der Waals surface area contributed by atoms with Gasteiger partial charge in [-0.1, -0.05) is 30.3 Å². The Balaban J connectivity index is 1.50. The molecule has 10 heteroatoms. The molecule has 3 aromatic carbocycles. The number of aromatic nitrogens is 2. The molecular formula is C27H28FN5O3S. The van der Waals surface area contributed by atoms with Gasteiger partial charge in [0.1, 0.15) is 22.9 Å². The maximum atomic E-state index is 16.3. The van der Waals surface area contributed by atoms with E-state index >= 15 is 4.39 Å². The zero-order valence-electron chi connectivity index (χ0n) is 20.4. The van der Waals surface area contributed by atoms with Gasteiger partial charge < -0.3 is 15.3 Å². The number of piperazine rings is 1. The molecular weight excluding hydrogens is 493 g/mol. The van der Waals surface area contributed by atoms with Crippen LogP contribution in [0.2, 0.25) is 0 Å². The van der Waals surface area contributed by atoms with Crippen LogP contribution in [0.15, 0.2) is 48.5 Å². The quantitative estimate of drug-likeness (QED) is 0.357. The first-order valence-electron chi connectivity index (χ1n) is 12.4. The number of phenols is 1. The molecule has 3 heterocycles. The van der Waals surface area contributed by atoms with Gasteiger partial charge in [-0.25, -0.2) is 27.5 Å². The number of hydrogen-bond acceptors (Lipinski definition) is 7. The van der Waals surface area contributed by atoms with Crippen LogP contribution in [0.4, 0.5) is 10.2 Å². The van der Waals surface area contributed by atoms with Crippen LogP contribution in [-0.4, -0.2) is 61.5 Å². The van der Waals surface area contributed by atoms with Crippen LogP contribution >= 0.6 is 0 Å². The summed E-state index contributed by atoms with van der Waals surface area (Å²) in [7, 11) is -3.37. The predicted molar refractivity (Wildman–Crippen MR) is 143 cm³/mol. The summed E-state index contributed by atoms with van der Waals surface area (Å²) in [5.41, 5.74) is 1.11. The van der Waals surface area contributed by atoms with Gasteiger partial charge in [0.15, 0.2) is 5.82 Å². The smallest absolute Gasteiger partial charge is 0.208 e. The van der Waals surface area contributed by atoms with Crippen LogP contribution in [-0.2, 0) is 16.4 Å². The lowest BCUT2D eigenvalue weighted by molar-refractivity contribution is 0.464. The van der Waals surface area contributed by atoms with Crippen LogP contribution < -0.4 is 14.9 Å². The Morgan fingerprint density at radius 3 is 2.57 bits per heavy atom. The molecule has 2 aliphatic rings. The minimum absolute atomic E-state index is 0.0559. The Morgan fingerprint density at radius 2 is 1.81 bits per heavy atom. The van der Waals surface area contributed by atoms with E-state index in [0.29, 0.717) is 40.2 Å². The monoisotopic (exact) mass is 521 g/mol. The van der Waals surface area contributed by atoms with Gasteiger partial charge in [0.25, 0.3) is 0 Å². The van der Waals surface area contributed by atoms with Crippen molar-refractivity contribution in [3.8, 4) is 16.9 Å². The van der Waals surface area contributed by atoms with Crippen molar-refractivity contribution in [2.45, 2.75) is 31.3 Å². The highest BCUT2D eigenvalue weighted by Crippen LogP contribution is 2.38. The number of sulfonamides is 1. The number of nitrogens with one attached hydrogen (secondary N) is 2. The molecule has 0 radical (unpaired) electrons. The molecule has 37 heavy (non-hydrogen) atoms. The van der Waals surface area contributed by atoms with Gasteiger partial charge in [0.2, 0.25) is 10.0 Å². The number of anilines is 1. The molecule has 8 nitrogen and oxygen atoms in total. The van der Waals surface area contributed by atoms with Crippen molar-refractivity contribution in [3.63, 3.8) is 0 Å². The Morgan fingerprint density at radius 1 is 1.05 bits per heavy atom. The topological polar surface area (TPSA) is 107 Å². The molecule has 3 N–H and O–H groups in total. The molecule has 0 amide bonds. The Bertz CT molecular complexity index is 1620. The molecule has 2 fully saturated rings. The first-order chi connectivity index (χ1) is 17.7. The number of rotatable bonds is 6. The third-order valence-electron chi connectivity index (χ3n) is 7.20. The fraction of sp³-hybridized carbons (Fsp3) is 0.333. The second-order valence-electron chi connectivity index (χ2n) is 9.96. The molecule has 0 aliphatic carbocycles. The van der Waals surface area contributed by atoms with Gasteiger partial charge in [-0.15, -0.1) is 0 Å². The second kappa shape index (κ2) is 9.20. The first-order valence-corrected chi connectivity index (χ1v) is 14.3. The predicted octanol–water partition coefficient (Wildman–Crippen LogP) is 3.33. The highest BCUT2D eigenvalue weighted by molar-refractivity contribution is 7.88. The van der Waals surface area contributed by atoms with Gasteiger partial charge in [-0.2, -0.15) is 0 Å². The first kappa shape index (κ1) is 24.0. The number of aromatic hydroxyl groups is 1. The van der Waals surface area contributed by atoms with Crippen molar-refractivity contribution in [2.75, 3.05) is 30.8 Å². The van der Waals surface area contributed by atoms with E-state index < -0.39 is 15.8 Å². The van der Waals surface area contributed by atoms with E-state index in [1.165, 1.54) is 0 Å². The molecule has 6 rings (SSSR count). The Kier molecular flexibility index (Phi) is 5.97. The third kappa shape index (κ3) is 4.72. The van der Waals surface area contributed by atoms with Crippen LogP contribution in [0.25, 0.3) is 32.8 Å². The maximum Gasteiger partial charge on any atom is 0.208 e. The van der Waals surface area contributed by atoms with Gasteiger partial charge >= 0.3 is 0 Å². The van der Waals surface area contributed by atoms with Crippen LogP contribution in [0, 0.1) is 5.82 Å². The summed E-state index contributed by atoms with van der Waals surface area (Å²) in [5.74, 6) is 0.609. The highest BCUT2D eigenvalue weighted by atomic mass is 32.2. The molecule has 192 valence electrons. The molecule has 2 atom stereocenters. The van der Waals surface area contributed by atoms with Gasteiger partial charge in [-0.05, 0) is 47.4 Å². The normalized spacial score (nSPS) is 19.7. The minimum Gasteiger partial charge on any atom is -0.508 e. The zero-order chi connectivity index (χ0) is 25.7. The Hall–Kier alpha value is -3.34. The van der Waals surface area contributed by atoms with Crippen molar-refractivity contribution in [1.29, 1.82) is 0 Å². The summed E-state index contributed by atoms with van der Waals surface area (Å²) >= 11 is 0. The number of hydrogen-bond donors (Lipinski definition) is 3. The van der Waals surface area contributed by atoms with E-state index in [-0.39, 0.29) is 24.2 Å². The third-order valence-corrected chi connectivity index (χ3v) is 7.93. The largest absolute Gasteiger partial charge is 0.508 e. The van der Waals surface area contributed by atoms with E-state index in [2.05, 4.69) is 19.9 Å². The van der Waals surface area contributed by atoms with Crippen molar-refractivity contribution in [3.05, 3.63) is 60.2 Å². The van der Waals surface area contributed by atoms with Crippen molar-refractivity contribution in [1.82, 2.24) is 20.0 Å². The number of phenolic OH excluding ortho intramolecular Hbond substituents is 1. The van der Waals surface area contributed by atoms with Crippen molar-refractivity contribution in [2.24, 2.45) is 0 Å². The molecule has 0 saturated carbocycles. The van der Waals surface area contributed by atoms with Crippen LogP contribution in [0.5, 0.6) is 5.75 Å². The van der Waals surface area contributed by atoms with Crippen LogP contribution in [0.3, 0.4) is 0 Å². The summed E-state index contributed by atoms with van der Waals surface area (Å²) < 4.78 is 41.9. The van der Waals surface area contributed by atoms with Crippen molar-refractivity contribution >= 4 is 37.5 Å². The Labute approximate surface area is 214 Å². The van der Waals surface area contributed by atoms with Gasteiger partial charge in [0.05, 0.1) is 6.26 Å². The SMILES string of the molecule is CS(=O)(=O)NCCc1nc(N2C[C@H]3CC[C@@H](C2)N3)c2ccc(-c3cc(O)cc4ccccc34)c(F)c2n1. The lowest BCUT2D eigenvalue weighted by Gasteiger charge is -2.34. The minimum atomic E-state index is -3.37. The summed E-state index contributed by atoms with van der Waals surface area (Å²) in [6.07, 6.45) is 3.52. The number of fused-ring (bicyclic) bond motifs is 4. The molecule has 0 unspecified atom stereocenters. The second-order valence-corrected chi connectivity index (χ2v) is 11.8.